The highest BCUT2D eigenvalue weighted by Crippen LogP contribution is 2.30. The van der Waals surface area contributed by atoms with E-state index in [2.05, 4.69) is 9.88 Å². The summed E-state index contributed by atoms with van der Waals surface area (Å²) in [5.74, 6) is 0.661. The molecule has 0 aromatic carbocycles. The number of ether oxygens (including phenoxy) is 3. The van der Waals surface area contributed by atoms with Gasteiger partial charge in [-0.25, -0.2) is 13.4 Å². The Labute approximate surface area is 190 Å². The lowest BCUT2D eigenvalue weighted by Gasteiger charge is -2.36. The van der Waals surface area contributed by atoms with E-state index < -0.39 is 9.84 Å². The highest BCUT2D eigenvalue weighted by molar-refractivity contribution is 7.90. The van der Waals surface area contributed by atoms with Crippen molar-refractivity contribution < 1.29 is 22.6 Å². The lowest BCUT2D eigenvalue weighted by atomic mass is 9.94. The van der Waals surface area contributed by atoms with Crippen molar-refractivity contribution in [3.63, 3.8) is 0 Å². The first kappa shape index (κ1) is 22.7. The van der Waals surface area contributed by atoms with Crippen molar-refractivity contribution in [1.82, 2.24) is 9.88 Å². The van der Waals surface area contributed by atoms with E-state index in [1.807, 2.05) is 0 Å². The molecule has 3 fully saturated rings. The van der Waals surface area contributed by atoms with Crippen LogP contribution < -0.4 is 4.74 Å². The molecule has 0 bridgehead atoms. The van der Waals surface area contributed by atoms with Crippen LogP contribution in [0.5, 0.6) is 5.75 Å². The quantitative estimate of drug-likeness (QED) is 0.588. The minimum absolute atomic E-state index is 0.0837. The van der Waals surface area contributed by atoms with Crippen LogP contribution in [0.1, 0.15) is 57.1 Å². The molecule has 7 nitrogen and oxygen atoms in total. The maximum Gasteiger partial charge on any atom is 0.259 e. The van der Waals surface area contributed by atoms with Crippen LogP contribution in [0.3, 0.4) is 0 Å². The number of aromatic nitrogens is 1. The Balaban J connectivity index is 1.19. The molecular weight excluding hydrogens is 436 g/mol. The third-order valence-electron chi connectivity index (χ3n) is 6.18. The summed E-state index contributed by atoms with van der Waals surface area (Å²) in [6.07, 6.45) is 10.2. The number of aryl methyl sites for hydroxylation is 1. The Hall–Kier alpha value is -1.45. The van der Waals surface area contributed by atoms with Crippen LogP contribution in [0.4, 0.5) is 0 Å². The number of hydrogen-bond acceptors (Lipinski definition) is 7. The summed E-state index contributed by atoms with van der Waals surface area (Å²) in [5.41, 5.74) is 0.608. The standard InChI is InChI=1S/C22H32N2O5S2/c1-15-20(9-10-21(23-15)31(2,25)26)28-17-5-3-16(4-6-17)27-19-11-13-24(14-12-19)22(30)29-18-7-8-18/h9-10,16-19H,3-8,11-14H2,1-2H3. The summed E-state index contributed by atoms with van der Waals surface area (Å²) >= 11 is 5.41. The number of piperidine rings is 1. The van der Waals surface area contributed by atoms with Crippen LogP contribution in [0.25, 0.3) is 0 Å². The predicted molar refractivity (Wildman–Crippen MR) is 121 cm³/mol. The number of rotatable bonds is 6. The third-order valence-corrected chi connectivity index (χ3v) is 7.53. The molecule has 2 heterocycles. The largest absolute Gasteiger partial charge is 0.489 e. The monoisotopic (exact) mass is 468 g/mol. The highest BCUT2D eigenvalue weighted by atomic mass is 32.2. The van der Waals surface area contributed by atoms with Gasteiger partial charge in [-0.1, -0.05) is 0 Å². The fourth-order valence-corrected chi connectivity index (χ4v) is 5.11. The summed E-state index contributed by atoms with van der Waals surface area (Å²) in [6.45, 7) is 3.60. The Bertz CT molecular complexity index is 887. The van der Waals surface area contributed by atoms with E-state index in [0.29, 0.717) is 22.7 Å². The summed E-state index contributed by atoms with van der Waals surface area (Å²) in [5, 5.41) is 0.744. The minimum Gasteiger partial charge on any atom is -0.489 e. The molecule has 31 heavy (non-hydrogen) atoms. The van der Waals surface area contributed by atoms with Gasteiger partial charge in [-0.2, -0.15) is 0 Å². The van der Waals surface area contributed by atoms with Gasteiger partial charge in [-0.3, -0.25) is 0 Å². The van der Waals surface area contributed by atoms with E-state index in [-0.39, 0.29) is 23.3 Å². The second-order valence-electron chi connectivity index (χ2n) is 8.93. The molecule has 0 spiro atoms. The maximum atomic E-state index is 11.6. The van der Waals surface area contributed by atoms with Gasteiger partial charge in [0.15, 0.2) is 14.9 Å². The zero-order chi connectivity index (χ0) is 22.0. The van der Waals surface area contributed by atoms with Crippen molar-refractivity contribution in [3.8, 4) is 5.75 Å². The molecule has 0 atom stereocenters. The second-order valence-corrected chi connectivity index (χ2v) is 11.2. The molecule has 0 amide bonds. The van der Waals surface area contributed by atoms with Crippen LogP contribution in [0, 0.1) is 6.92 Å². The highest BCUT2D eigenvalue weighted by Gasteiger charge is 2.31. The smallest absolute Gasteiger partial charge is 0.259 e. The van der Waals surface area contributed by atoms with Crippen molar-refractivity contribution in [3.05, 3.63) is 17.8 Å². The first-order chi connectivity index (χ1) is 14.8. The van der Waals surface area contributed by atoms with Gasteiger partial charge in [0, 0.05) is 19.3 Å². The molecule has 0 N–H and O–H groups in total. The Morgan fingerprint density at radius 3 is 2.13 bits per heavy atom. The molecule has 9 heteroatoms. The van der Waals surface area contributed by atoms with Crippen LogP contribution in [0.2, 0.25) is 0 Å². The molecular formula is C22H32N2O5S2. The number of nitrogens with zero attached hydrogens (tertiary/aromatic N) is 2. The molecule has 0 radical (unpaired) electrons. The van der Waals surface area contributed by atoms with E-state index >= 15 is 0 Å². The van der Waals surface area contributed by atoms with Gasteiger partial charge in [0.05, 0.1) is 24.0 Å². The number of pyridine rings is 1. The van der Waals surface area contributed by atoms with Gasteiger partial charge in [-0.15, -0.1) is 0 Å². The summed E-state index contributed by atoms with van der Waals surface area (Å²) in [7, 11) is -3.31. The van der Waals surface area contributed by atoms with E-state index in [1.165, 1.54) is 6.07 Å². The molecule has 0 unspecified atom stereocenters. The molecule has 1 aliphatic heterocycles. The predicted octanol–water partition coefficient (Wildman–Crippen LogP) is 3.43. The van der Waals surface area contributed by atoms with Gasteiger partial charge in [0.2, 0.25) is 0 Å². The average molecular weight is 469 g/mol. The molecule has 2 saturated carbocycles. The van der Waals surface area contributed by atoms with Gasteiger partial charge in [0.1, 0.15) is 11.9 Å². The van der Waals surface area contributed by atoms with Gasteiger partial charge >= 0.3 is 0 Å². The van der Waals surface area contributed by atoms with Gasteiger partial charge in [-0.05, 0) is 82.6 Å². The topological polar surface area (TPSA) is 78.0 Å². The first-order valence-electron chi connectivity index (χ1n) is 11.2. The lowest BCUT2D eigenvalue weighted by molar-refractivity contribution is -0.0625. The Kier molecular flexibility index (Phi) is 7.03. The average Bonchev–Trinajstić information content (AvgIpc) is 3.54. The number of sulfone groups is 1. The van der Waals surface area contributed by atoms with Crippen molar-refractivity contribution in [1.29, 1.82) is 0 Å². The summed E-state index contributed by atoms with van der Waals surface area (Å²) in [6, 6.07) is 3.23. The van der Waals surface area contributed by atoms with Crippen LogP contribution >= 0.6 is 12.2 Å². The fraction of sp³-hybridized carbons (Fsp3) is 0.727. The fourth-order valence-electron chi connectivity index (χ4n) is 4.17. The lowest BCUT2D eigenvalue weighted by Crippen LogP contribution is -2.42. The second kappa shape index (κ2) is 9.58. The van der Waals surface area contributed by atoms with Gasteiger partial charge < -0.3 is 19.1 Å². The third kappa shape index (κ3) is 6.29. The Morgan fingerprint density at radius 2 is 1.55 bits per heavy atom. The molecule has 1 saturated heterocycles. The van der Waals surface area contributed by atoms with Crippen molar-refractivity contribution >= 4 is 27.2 Å². The normalized spacial score (nSPS) is 25.3. The SMILES string of the molecule is Cc1nc(S(C)(=O)=O)ccc1OC1CCC(OC2CCN(C(=S)OC3CC3)CC2)CC1. The Morgan fingerprint density at radius 1 is 0.968 bits per heavy atom. The zero-order valence-corrected chi connectivity index (χ0v) is 19.9. The summed E-state index contributed by atoms with van der Waals surface area (Å²) in [4.78, 5) is 6.35. The van der Waals surface area contributed by atoms with E-state index in [4.69, 9.17) is 26.4 Å². The number of likely N-dealkylation sites (tertiary alicyclic amines) is 1. The molecule has 172 valence electrons. The molecule has 2 aliphatic carbocycles. The molecule has 3 aliphatic rings. The minimum atomic E-state index is -3.31. The van der Waals surface area contributed by atoms with E-state index in [9.17, 15) is 8.42 Å². The van der Waals surface area contributed by atoms with Crippen molar-refractivity contribution in [2.45, 2.75) is 87.7 Å². The maximum absolute atomic E-state index is 11.6. The van der Waals surface area contributed by atoms with Crippen LogP contribution in [-0.2, 0) is 19.3 Å². The molecule has 1 aromatic heterocycles. The van der Waals surface area contributed by atoms with Crippen LogP contribution in [-0.4, -0.2) is 67.2 Å². The van der Waals surface area contributed by atoms with Crippen molar-refractivity contribution in [2.24, 2.45) is 0 Å². The number of hydrogen-bond donors (Lipinski definition) is 0. The van der Waals surface area contributed by atoms with Crippen molar-refractivity contribution in [2.75, 3.05) is 19.3 Å². The molecule has 1 aromatic rings. The van der Waals surface area contributed by atoms with Crippen LogP contribution in [0.15, 0.2) is 17.2 Å². The zero-order valence-electron chi connectivity index (χ0n) is 18.3. The number of thiocarbonyl (C=S) groups is 1. The first-order valence-corrected chi connectivity index (χ1v) is 13.5. The molecule has 4 rings (SSSR count). The van der Waals surface area contributed by atoms with E-state index in [1.54, 1.807) is 13.0 Å². The van der Waals surface area contributed by atoms with Gasteiger partial charge in [0.25, 0.3) is 5.17 Å². The summed E-state index contributed by atoms with van der Waals surface area (Å²) < 4.78 is 41.6. The van der Waals surface area contributed by atoms with E-state index in [0.717, 1.165) is 70.7 Å².